The maximum absolute atomic E-state index is 5.44. The van der Waals surface area contributed by atoms with Gasteiger partial charge in [0.1, 0.15) is 13.0 Å². The molecule has 0 fully saturated rings. The van der Waals surface area contributed by atoms with Gasteiger partial charge in [-0.3, -0.25) is 32.2 Å². The lowest BCUT2D eigenvalue weighted by atomic mass is 9.98. The summed E-state index contributed by atoms with van der Waals surface area (Å²) in [6.45, 7) is 3.01. The lowest BCUT2D eigenvalue weighted by Gasteiger charge is -2.21. The van der Waals surface area contributed by atoms with E-state index in [1.807, 2.05) is 0 Å². The van der Waals surface area contributed by atoms with Crippen LogP contribution in [0.25, 0.3) is 0 Å². The van der Waals surface area contributed by atoms with Gasteiger partial charge < -0.3 is 0 Å². The summed E-state index contributed by atoms with van der Waals surface area (Å²) in [7, 11) is 0. The van der Waals surface area contributed by atoms with E-state index in [1.54, 1.807) is 0 Å². The van der Waals surface area contributed by atoms with Crippen molar-refractivity contribution in [1.29, 1.82) is 0 Å². The molecule has 0 aliphatic heterocycles. The number of terminal acetylenes is 1. The van der Waals surface area contributed by atoms with E-state index in [0.717, 1.165) is 6.54 Å². The van der Waals surface area contributed by atoms with Crippen LogP contribution in [0, 0.1) is 17.8 Å². The normalized spacial score (nSPS) is 12.3. The van der Waals surface area contributed by atoms with E-state index in [4.69, 9.17) is 40.2 Å². The predicted octanol–water partition coefficient (Wildman–Crippen LogP) is 0.115. The van der Waals surface area contributed by atoms with Crippen LogP contribution in [0.15, 0.2) is 0 Å². The molecular weight excluding hydrogens is 306 g/mol. The topological polar surface area (TPSA) is 128 Å². The Labute approximate surface area is 120 Å². The largest absolute Gasteiger partial charge is 0.280 e. The molecule has 0 saturated heterocycles. The summed E-state index contributed by atoms with van der Waals surface area (Å²) in [5.74, 6) is 2.31. The van der Waals surface area contributed by atoms with Crippen LogP contribution in [0.1, 0.15) is 20.8 Å². The molecule has 0 spiro atoms. The first-order valence-electron chi connectivity index (χ1n) is 5.05. The molecule has 0 atom stereocenters. The zero-order valence-electron chi connectivity index (χ0n) is 11.0. The van der Waals surface area contributed by atoms with Crippen molar-refractivity contribution in [3.8, 4) is 12.3 Å². The zero-order valence-corrected chi connectivity index (χ0v) is 14.4. The molecule has 10 N–H and O–H groups in total. The number of nitrogens with one attached hydrogen (secondary N) is 2. The average molecular weight is 330 g/mol. The van der Waals surface area contributed by atoms with E-state index in [1.165, 1.54) is 0 Å². The summed E-state index contributed by atoms with van der Waals surface area (Å²) in [5, 5.41) is 5.56. The molecule has 108 valence electrons. The van der Waals surface area contributed by atoms with Gasteiger partial charge in [0.15, 0.2) is 0 Å². The van der Waals surface area contributed by atoms with Crippen molar-refractivity contribution in [3.63, 3.8) is 0 Å². The molecule has 0 amide bonds. The summed E-state index contributed by atoms with van der Waals surface area (Å²) in [4.78, 5) is 0. The van der Waals surface area contributed by atoms with Crippen LogP contribution in [0.5, 0.6) is 0 Å². The predicted molar refractivity (Wildman–Crippen MR) is 89.6 cm³/mol. The van der Waals surface area contributed by atoms with Gasteiger partial charge >= 0.3 is 0 Å². The highest BCUT2D eigenvalue weighted by Gasteiger charge is 2.12. The molecule has 0 aliphatic rings. The second kappa shape index (κ2) is 8.72. The number of rotatable bonds is 4. The van der Waals surface area contributed by atoms with Crippen molar-refractivity contribution < 1.29 is 0 Å². The second-order valence-electron chi connectivity index (χ2n) is 4.85. The Balaban J connectivity index is 0. The van der Waals surface area contributed by atoms with Crippen LogP contribution >= 0.6 is 13.0 Å². The summed E-state index contributed by atoms with van der Waals surface area (Å²) in [5.41, 5.74) is 21.5. The van der Waals surface area contributed by atoms with Crippen molar-refractivity contribution in [1.82, 2.24) is 10.2 Å². The molecular formula is C8H24N6P2S2. The van der Waals surface area contributed by atoms with E-state index < -0.39 is 13.0 Å². The highest BCUT2D eigenvalue weighted by molar-refractivity contribution is 8.11. The summed E-state index contributed by atoms with van der Waals surface area (Å²) < 4.78 is 0. The van der Waals surface area contributed by atoms with Crippen LogP contribution in [0.4, 0.5) is 0 Å². The molecule has 0 aromatic heterocycles. The standard InChI is InChI=1S/C5H16N3PS.C3H8N3PS/c1-5(2,3)4-8-9(6,7)10;1-2-3-6-7(4,5)8/h4H2,1-3H3,(H5,6,7,8,10);1H,3H2,(H5,4,5,6,8). The first kappa shape index (κ1) is 20.9. The van der Waals surface area contributed by atoms with Gasteiger partial charge in [-0.15, -0.1) is 6.42 Å². The zero-order chi connectivity index (χ0) is 15.0. The van der Waals surface area contributed by atoms with Gasteiger partial charge in [0.05, 0.1) is 6.54 Å². The summed E-state index contributed by atoms with van der Waals surface area (Å²) in [6.07, 6.45) is 4.88. The molecule has 0 bridgehead atoms. The van der Waals surface area contributed by atoms with Crippen LogP contribution < -0.4 is 32.2 Å². The smallest absolute Gasteiger partial charge is 0.133 e. The lowest BCUT2D eigenvalue weighted by Crippen LogP contribution is -2.30. The van der Waals surface area contributed by atoms with Crippen LogP contribution in [-0.2, 0) is 23.6 Å². The van der Waals surface area contributed by atoms with Crippen molar-refractivity contribution in [2.24, 2.45) is 27.4 Å². The Kier molecular flexibility index (Phi) is 10.1. The van der Waals surface area contributed by atoms with Crippen LogP contribution in [-0.4, -0.2) is 13.1 Å². The van der Waals surface area contributed by atoms with Crippen LogP contribution in [0.2, 0.25) is 0 Å². The molecule has 0 aliphatic carbocycles. The second-order valence-corrected chi connectivity index (χ2v) is 11.9. The third kappa shape index (κ3) is 25.5. The van der Waals surface area contributed by atoms with E-state index in [0.29, 0.717) is 6.54 Å². The Bertz CT molecular complexity index is 361. The SMILES string of the molecule is C#CCNP(N)(N)=S.CC(C)(C)CNP(N)(N)=S. The molecule has 6 nitrogen and oxygen atoms in total. The van der Waals surface area contributed by atoms with Crippen molar-refractivity contribution in [3.05, 3.63) is 0 Å². The molecule has 0 rings (SSSR count). The molecule has 0 aromatic carbocycles. The van der Waals surface area contributed by atoms with Gasteiger partial charge in [-0.2, -0.15) is 0 Å². The highest BCUT2D eigenvalue weighted by atomic mass is 32.5. The maximum atomic E-state index is 5.44. The number of hydrogen-bond donors (Lipinski definition) is 6. The fourth-order valence-corrected chi connectivity index (χ4v) is 1.98. The Morgan fingerprint density at radius 1 is 1.06 bits per heavy atom. The van der Waals surface area contributed by atoms with Crippen molar-refractivity contribution >= 4 is 36.6 Å². The van der Waals surface area contributed by atoms with Crippen molar-refractivity contribution in [2.75, 3.05) is 13.1 Å². The molecule has 0 saturated carbocycles. The first-order chi connectivity index (χ1) is 7.77. The van der Waals surface area contributed by atoms with Gasteiger partial charge in [-0.25, -0.2) is 0 Å². The summed E-state index contributed by atoms with van der Waals surface area (Å²) in [6, 6.07) is 0. The first-order valence-corrected chi connectivity index (χ1v) is 10.9. The third-order valence-corrected chi connectivity index (χ3v) is 3.36. The third-order valence-electron chi connectivity index (χ3n) is 1.28. The monoisotopic (exact) mass is 330 g/mol. The molecule has 0 aromatic rings. The Hall–Kier alpha value is 0.620. The quantitative estimate of drug-likeness (QED) is 0.317. The average Bonchev–Trinajstić information content (AvgIpc) is 2.09. The molecule has 10 heteroatoms. The Morgan fingerprint density at radius 2 is 1.44 bits per heavy atom. The molecule has 0 radical (unpaired) electrons. The molecule has 18 heavy (non-hydrogen) atoms. The van der Waals surface area contributed by atoms with Crippen molar-refractivity contribution in [2.45, 2.75) is 20.8 Å². The number of nitrogens with two attached hydrogens (primary N) is 4. The van der Waals surface area contributed by atoms with Crippen LogP contribution in [0.3, 0.4) is 0 Å². The molecule has 0 heterocycles. The van der Waals surface area contributed by atoms with E-state index in [-0.39, 0.29) is 5.41 Å². The lowest BCUT2D eigenvalue weighted by molar-refractivity contribution is 0.413. The van der Waals surface area contributed by atoms with Gasteiger partial charge in [0, 0.05) is 6.54 Å². The molecule has 0 unspecified atom stereocenters. The highest BCUT2D eigenvalue weighted by Crippen LogP contribution is 2.21. The van der Waals surface area contributed by atoms with E-state index >= 15 is 0 Å². The van der Waals surface area contributed by atoms with Gasteiger partial charge in [0.2, 0.25) is 0 Å². The summed E-state index contributed by atoms with van der Waals surface area (Å²) >= 11 is 9.42. The minimum absolute atomic E-state index is 0.197. The van der Waals surface area contributed by atoms with E-state index in [2.05, 4.69) is 48.7 Å². The number of hydrogen-bond acceptors (Lipinski definition) is 2. The fourth-order valence-electron chi connectivity index (χ4n) is 0.530. The van der Waals surface area contributed by atoms with Gasteiger partial charge in [-0.05, 0) is 29.0 Å². The minimum atomic E-state index is -2.24. The Morgan fingerprint density at radius 3 is 1.56 bits per heavy atom. The maximum Gasteiger partial charge on any atom is 0.133 e. The van der Waals surface area contributed by atoms with Gasteiger partial charge in [0.25, 0.3) is 0 Å². The fraction of sp³-hybridized carbons (Fsp3) is 0.750. The van der Waals surface area contributed by atoms with E-state index in [9.17, 15) is 0 Å². The van der Waals surface area contributed by atoms with Gasteiger partial charge in [-0.1, -0.05) is 26.7 Å². The minimum Gasteiger partial charge on any atom is -0.280 e.